The Hall–Kier alpha value is -2.06. The Morgan fingerprint density at radius 2 is 0.732 bits per heavy atom. The molecule has 0 heterocycles. The number of rotatable bonds is 65. The second-order valence-corrected chi connectivity index (χ2v) is 26.7. The number of unbranched alkanes of at least 4 members (excludes halogenated alkanes) is 40. The molecule has 0 saturated heterocycles. The number of amides is 1. The van der Waals surface area contributed by atoms with E-state index in [2.05, 4.69) is 92.1 Å². The van der Waals surface area contributed by atoms with Crippen LogP contribution in [0.15, 0.2) is 72.9 Å². The molecule has 3 unspecified atom stereocenters. The summed E-state index contributed by atoms with van der Waals surface area (Å²) in [7, 11) is 1.62. The van der Waals surface area contributed by atoms with Crippen LogP contribution in [0.3, 0.4) is 0 Å². The number of carbonyl (C=O) groups is 1. The van der Waals surface area contributed by atoms with Crippen molar-refractivity contribution in [2.24, 2.45) is 0 Å². The van der Waals surface area contributed by atoms with Gasteiger partial charge in [0, 0.05) is 6.42 Å². The van der Waals surface area contributed by atoms with Crippen molar-refractivity contribution in [2.75, 3.05) is 40.9 Å². The number of phosphoric ester groups is 1. The van der Waals surface area contributed by atoms with Gasteiger partial charge >= 0.3 is 7.82 Å². The maximum Gasteiger partial charge on any atom is 0.472 e. The summed E-state index contributed by atoms with van der Waals surface area (Å²) in [4.78, 5) is 23.5. The molecular weight excluding hydrogens is 1030 g/mol. The number of aliphatic hydroxyl groups is 1. The Morgan fingerprint density at radius 1 is 0.427 bits per heavy atom. The molecular formula is C73H138N2O6P+. The van der Waals surface area contributed by atoms with Gasteiger partial charge < -0.3 is 19.8 Å². The molecule has 3 atom stereocenters. The molecule has 9 heteroatoms. The van der Waals surface area contributed by atoms with E-state index >= 15 is 0 Å². The first-order chi connectivity index (χ1) is 40.0. The van der Waals surface area contributed by atoms with Gasteiger partial charge in [0.05, 0.1) is 39.9 Å². The first-order valence-corrected chi connectivity index (χ1v) is 36.8. The number of aliphatic hydroxyl groups excluding tert-OH is 1. The Balaban J connectivity index is 4.05. The van der Waals surface area contributed by atoms with E-state index in [9.17, 15) is 19.4 Å². The lowest BCUT2D eigenvalue weighted by atomic mass is 10.0. The summed E-state index contributed by atoms with van der Waals surface area (Å²) < 4.78 is 23.9. The molecule has 0 aliphatic heterocycles. The number of carbonyl (C=O) groups excluding carboxylic acids is 1. The predicted octanol–water partition coefficient (Wildman–Crippen LogP) is 22.6. The average molecular weight is 1170 g/mol. The van der Waals surface area contributed by atoms with Crippen molar-refractivity contribution >= 4 is 13.7 Å². The lowest BCUT2D eigenvalue weighted by Gasteiger charge is -2.26. The second-order valence-electron chi connectivity index (χ2n) is 25.2. The van der Waals surface area contributed by atoms with E-state index in [1.165, 1.54) is 231 Å². The van der Waals surface area contributed by atoms with Crippen LogP contribution in [0.25, 0.3) is 0 Å². The van der Waals surface area contributed by atoms with Gasteiger partial charge in [-0.25, -0.2) is 4.57 Å². The number of phosphoric acid groups is 1. The number of hydrogen-bond acceptors (Lipinski definition) is 5. The monoisotopic (exact) mass is 1170 g/mol. The van der Waals surface area contributed by atoms with E-state index < -0.39 is 20.0 Å². The molecule has 0 fully saturated rings. The highest BCUT2D eigenvalue weighted by Crippen LogP contribution is 2.43. The molecule has 0 bridgehead atoms. The van der Waals surface area contributed by atoms with Crippen LogP contribution in [0.4, 0.5) is 0 Å². The average Bonchev–Trinajstić information content (AvgIpc) is 3.47. The molecule has 0 aliphatic carbocycles. The van der Waals surface area contributed by atoms with E-state index in [1.807, 2.05) is 21.1 Å². The predicted molar refractivity (Wildman–Crippen MR) is 360 cm³/mol. The molecule has 3 N–H and O–H groups in total. The number of likely N-dealkylation sites (N-methyl/N-ethyl adjacent to an activating group) is 1. The molecule has 0 spiro atoms. The standard InChI is InChI=1S/C73H137N2O6P/c1-6-8-10-12-14-16-18-20-22-24-26-28-30-32-34-36-37-39-40-42-44-46-48-50-52-54-56-58-60-62-64-66-72(76)71(70-81-82(78,79)80-69-68-75(3,4)5)74-73(77)67-65-63-61-59-57-55-53-51-49-47-45-43-41-38-35-33-31-29-27-25-23-21-19-17-15-13-11-9-7-2/h9,11,15,17,21,23,27,29,33,35,41,43,71-72,76H,6-8,10,12-14,16,18-20,22,24-26,28,30-32,34,36-40,42,44-70H2,1-5H3,(H-,74,77,78,79)/p+1/b11-9-,17-15-,23-21-,29-27-,35-33-,43-41-. The highest BCUT2D eigenvalue weighted by molar-refractivity contribution is 7.47. The summed E-state index contributed by atoms with van der Waals surface area (Å²) in [6.07, 6.45) is 88.6. The molecule has 0 radical (unpaired) electrons. The molecule has 480 valence electrons. The van der Waals surface area contributed by atoms with Gasteiger partial charge in [-0.1, -0.05) is 337 Å². The van der Waals surface area contributed by atoms with E-state index in [0.29, 0.717) is 23.9 Å². The quantitative estimate of drug-likeness (QED) is 0.0243. The molecule has 0 aliphatic rings. The maximum absolute atomic E-state index is 13.1. The van der Waals surface area contributed by atoms with Gasteiger partial charge in [0.25, 0.3) is 0 Å². The van der Waals surface area contributed by atoms with E-state index in [1.54, 1.807) is 0 Å². The van der Waals surface area contributed by atoms with Crippen LogP contribution in [-0.4, -0.2) is 73.4 Å². The summed E-state index contributed by atoms with van der Waals surface area (Å²) >= 11 is 0. The van der Waals surface area contributed by atoms with Gasteiger partial charge in [-0.3, -0.25) is 13.8 Å². The van der Waals surface area contributed by atoms with Crippen molar-refractivity contribution in [3.8, 4) is 0 Å². The Bertz CT molecular complexity index is 1570. The largest absolute Gasteiger partial charge is 0.472 e. The number of nitrogens with zero attached hydrogens (tertiary/aromatic N) is 1. The first-order valence-electron chi connectivity index (χ1n) is 35.3. The van der Waals surface area contributed by atoms with E-state index in [4.69, 9.17) is 9.05 Å². The smallest absolute Gasteiger partial charge is 0.391 e. The van der Waals surface area contributed by atoms with Crippen molar-refractivity contribution in [3.63, 3.8) is 0 Å². The summed E-state index contributed by atoms with van der Waals surface area (Å²) in [5.74, 6) is -0.147. The lowest BCUT2D eigenvalue weighted by Crippen LogP contribution is -2.46. The minimum atomic E-state index is -4.34. The van der Waals surface area contributed by atoms with Crippen molar-refractivity contribution < 1.29 is 32.9 Å². The van der Waals surface area contributed by atoms with Crippen LogP contribution in [0.5, 0.6) is 0 Å². The lowest BCUT2D eigenvalue weighted by molar-refractivity contribution is -0.870. The summed E-state index contributed by atoms with van der Waals surface area (Å²) in [6.45, 7) is 4.81. The zero-order valence-electron chi connectivity index (χ0n) is 55.0. The van der Waals surface area contributed by atoms with Gasteiger partial charge in [0.15, 0.2) is 0 Å². The van der Waals surface area contributed by atoms with Gasteiger partial charge in [0.1, 0.15) is 13.2 Å². The summed E-state index contributed by atoms with van der Waals surface area (Å²) in [5, 5.41) is 14.2. The minimum absolute atomic E-state index is 0.0717. The Morgan fingerprint density at radius 3 is 1.07 bits per heavy atom. The molecule has 0 aromatic carbocycles. The van der Waals surface area contributed by atoms with Crippen molar-refractivity contribution in [1.29, 1.82) is 0 Å². The SMILES string of the molecule is CC/C=C\C/C=C\C/C=C\C/C=C\C/C=C\C/C=C\CCCCCCCCCCCCC(=O)NC(COP(=O)(O)OCC[N+](C)(C)C)C(O)CCCCCCCCCCCCCCCCCCCCCCCCCCCCCCCCC. The number of quaternary nitrogens is 1. The van der Waals surface area contributed by atoms with Crippen LogP contribution in [0.1, 0.15) is 335 Å². The van der Waals surface area contributed by atoms with Gasteiger partial charge in [-0.2, -0.15) is 0 Å². The number of nitrogens with one attached hydrogen (secondary N) is 1. The van der Waals surface area contributed by atoms with Crippen LogP contribution < -0.4 is 5.32 Å². The topological polar surface area (TPSA) is 105 Å². The van der Waals surface area contributed by atoms with Crippen LogP contribution in [0.2, 0.25) is 0 Å². The number of allylic oxidation sites excluding steroid dienone is 12. The molecule has 82 heavy (non-hydrogen) atoms. The zero-order chi connectivity index (χ0) is 59.8. The highest BCUT2D eigenvalue weighted by Gasteiger charge is 2.28. The van der Waals surface area contributed by atoms with Gasteiger partial charge in [-0.05, 0) is 64.2 Å². The first kappa shape index (κ1) is 79.9. The van der Waals surface area contributed by atoms with Crippen molar-refractivity contribution in [3.05, 3.63) is 72.9 Å². The molecule has 0 saturated carbocycles. The van der Waals surface area contributed by atoms with Crippen molar-refractivity contribution in [1.82, 2.24) is 5.32 Å². The van der Waals surface area contributed by atoms with Crippen LogP contribution >= 0.6 is 7.82 Å². The third-order valence-corrected chi connectivity index (χ3v) is 17.0. The van der Waals surface area contributed by atoms with E-state index in [0.717, 1.165) is 77.0 Å². The fourth-order valence-corrected chi connectivity index (χ4v) is 11.3. The molecule has 0 aromatic rings. The van der Waals surface area contributed by atoms with Crippen LogP contribution in [-0.2, 0) is 18.4 Å². The van der Waals surface area contributed by atoms with Gasteiger partial charge in [0.2, 0.25) is 5.91 Å². The van der Waals surface area contributed by atoms with Crippen LogP contribution in [0, 0.1) is 0 Å². The number of hydrogen-bond donors (Lipinski definition) is 3. The molecule has 0 rings (SSSR count). The Kier molecular flexibility index (Phi) is 61.8. The van der Waals surface area contributed by atoms with E-state index in [-0.39, 0.29) is 19.1 Å². The summed E-state index contributed by atoms with van der Waals surface area (Å²) in [5.41, 5.74) is 0. The minimum Gasteiger partial charge on any atom is -0.391 e. The molecule has 0 aromatic heterocycles. The van der Waals surface area contributed by atoms with Gasteiger partial charge in [-0.15, -0.1) is 0 Å². The third-order valence-electron chi connectivity index (χ3n) is 16.0. The normalized spacial score (nSPS) is 14.1. The fourth-order valence-electron chi connectivity index (χ4n) is 10.5. The third kappa shape index (κ3) is 65.5. The zero-order valence-corrected chi connectivity index (χ0v) is 55.9. The molecule has 8 nitrogen and oxygen atoms in total. The summed E-state index contributed by atoms with van der Waals surface area (Å²) in [6, 6.07) is -0.769. The fraction of sp³-hybridized carbons (Fsp3) is 0.822. The highest BCUT2D eigenvalue weighted by atomic mass is 31.2. The van der Waals surface area contributed by atoms with Crippen molar-refractivity contribution in [2.45, 2.75) is 347 Å². The Labute approximate surface area is 510 Å². The molecule has 1 amide bonds. The maximum atomic E-state index is 13.1. The second kappa shape index (κ2) is 63.4.